The van der Waals surface area contributed by atoms with E-state index in [4.69, 9.17) is 15.2 Å². The molecule has 5 nitrogen and oxygen atoms in total. The molecular weight excluding hydrogens is 230 g/mol. The normalized spacial score (nSPS) is 10.3. The van der Waals surface area contributed by atoms with Gasteiger partial charge in [-0.2, -0.15) is 5.10 Å². The molecule has 0 aliphatic rings. The molecule has 1 aromatic heterocycles. The summed E-state index contributed by atoms with van der Waals surface area (Å²) in [5, 5.41) is 4.11. The van der Waals surface area contributed by atoms with Crippen molar-refractivity contribution in [3.63, 3.8) is 0 Å². The van der Waals surface area contributed by atoms with Gasteiger partial charge in [0, 0.05) is 31.4 Å². The first-order valence-corrected chi connectivity index (χ1v) is 5.73. The van der Waals surface area contributed by atoms with Crippen LogP contribution in [-0.4, -0.2) is 23.5 Å². The van der Waals surface area contributed by atoms with Gasteiger partial charge in [0.2, 0.25) is 0 Å². The van der Waals surface area contributed by atoms with Crippen molar-refractivity contribution in [2.24, 2.45) is 7.05 Å². The van der Waals surface area contributed by atoms with E-state index in [2.05, 4.69) is 5.10 Å². The third-order valence-electron chi connectivity index (χ3n) is 2.59. The number of aromatic nitrogens is 2. The van der Waals surface area contributed by atoms with Gasteiger partial charge in [0.15, 0.2) is 11.5 Å². The average molecular weight is 247 g/mol. The summed E-state index contributed by atoms with van der Waals surface area (Å²) < 4.78 is 12.7. The van der Waals surface area contributed by atoms with Gasteiger partial charge in [-0.1, -0.05) is 0 Å². The van der Waals surface area contributed by atoms with Crippen LogP contribution >= 0.6 is 0 Å². The molecule has 0 spiro atoms. The maximum absolute atomic E-state index is 5.72. The number of hydrogen-bond acceptors (Lipinski definition) is 4. The monoisotopic (exact) mass is 247 g/mol. The number of nitrogen functional groups attached to an aromatic ring is 1. The summed E-state index contributed by atoms with van der Waals surface area (Å²) in [7, 11) is 3.50. The molecule has 2 N–H and O–H groups in total. The predicted molar refractivity (Wildman–Crippen MR) is 69.8 cm³/mol. The smallest absolute Gasteiger partial charge is 0.163 e. The molecule has 0 unspecified atom stereocenters. The highest BCUT2D eigenvalue weighted by Crippen LogP contribution is 2.28. The summed E-state index contributed by atoms with van der Waals surface area (Å²) in [5.41, 5.74) is 7.52. The van der Waals surface area contributed by atoms with Crippen molar-refractivity contribution < 1.29 is 9.47 Å². The predicted octanol–water partition coefficient (Wildman–Crippen LogP) is 1.63. The average Bonchev–Trinajstić information content (AvgIpc) is 2.75. The van der Waals surface area contributed by atoms with Gasteiger partial charge >= 0.3 is 0 Å². The molecule has 0 aliphatic heterocycles. The number of methoxy groups -OCH3 is 1. The van der Waals surface area contributed by atoms with Gasteiger partial charge in [0.1, 0.15) is 0 Å². The largest absolute Gasteiger partial charge is 0.493 e. The summed E-state index contributed by atoms with van der Waals surface area (Å²) in [6.45, 7) is 0.561. The Morgan fingerprint density at radius 1 is 1.33 bits per heavy atom. The fourth-order valence-corrected chi connectivity index (χ4v) is 1.69. The zero-order valence-corrected chi connectivity index (χ0v) is 10.6. The first-order valence-electron chi connectivity index (χ1n) is 5.73. The van der Waals surface area contributed by atoms with Crippen molar-refractivity contribution >= 4 is 5.69 Å². The zero-order valence-electron chi connectivity index (χ0n) is 10.6. The lowest BCUT2D eigenvalue weighted by Crippen LogP contribution is -2.02. The van der Waals surface area contributed by atoms with Gasteiger partial charge in [-0.3, -0.25) is 4.68 Å². The number of anilines is 1. The van der Waals surface area contributed by atoms with Gasteiger partial charge in [0.25, 0.3) is 0 Å². The standard InChI is InChI=1S/C13H17N3O2/c1-16-9-10(8-15-16)5-6-18-13-7-11(14)3-4-12(13)17-2/h3-4,7-9H,5-6,14H2,1-2H3. The van der Waals surface area contributed by atoms with Crippen LogP contribution in [0.3, 0.4) is 0 Å². The van der Waals surface area contributed by atoms with Gasteiger partial charge < -0.3 is 15.2 Å². The lowest BCUT2D eigenvalue weighted by Gasteiger charge is -2.10. The number of nitrogens with two attached hydrogens (primary N) is 1. The molecule has 0 radical (unpaired) electrons. The molecule has 1 aromatic carbocycles. The topological polar surface area (TPSA) is 62.3 Å². The van der Waals surface area contributed by atoms with Crippen LogP contribution in [0.5, 0.6) is 11.5 Å². The van der Waals surface area contributed by atoms with Gasteiger partial charge in [-0.15, -0.1) is 0 Å². The molecule has 2 aromatic rings. The Bertz CT molecular complexity index is 523. The first-order chi connectivity index (χ1) is 8.69. The molecular formula is C13H17N3O2. The van der Waals surface area contributed by atoms with Crippen molar-refractivity contribution in [2.75, 3.05) is 19.5 Å². The summed E-state index contributed by atoms with van der Waals surface area (Å²) in [6.07, 6.45) is 4.60. The molecule has 0 saturated heterocycles. The lowest BCUT2D eigenvalue weighted by molar-refractivity contribution is 0.298. The van der Waals surface area contributed by atoms with Crippen LogP contribution in [0.4, 0.5) is 5.69 Å². The summed E-state index contributed by atoms with van der Waals surface area (Å²) in [6, 6.07) is 5.35. The van der Waals surface area contributed by atoms with Crippen LogP contribution in [0.2, 0.25) is 0 Å². The molecule has 0 fully saturated rings. The third-order valence-corrected chi connectivity index (χ3v) is 2.59. The van der Waals surface area contributed by atoms with E-state index < -0.39 is 0 Å². The second kappa shape index (κ2) is 5.44. The lowest BCUT2D eigenvalue weighted by atomic mass is 10.2. The van der Waals surface area contributed by atoms with Crippen LogP contribution in [-0.2, 0) is 13.5 Å². The summed E-state index contributed by atoms with van der Waals surface area (Å²) in [4.78, 5) is 0. The van der Waals surface area contributed by atoms with Crippen LogP contribution in [0, 0.1) is 0 Å². The minimum absolute atomic E-state index is 0.561. The van der Waals surface area contributed by atoms with Crippen molar-refractivity contribution in [3.8, 4) is 11.5 Å². The Kier molecular flexibility index (Phi) is 3.72. The Morgan fingerprint density at radius 2 is 2.17 bits per heavy atom. The Hall–Kier alpha value is -2.17. The number of rotatable bonds is 5. The van der Waals surface area contributed by atoms with E-state index in [0.717, 1.165) is 12.0 Å². The summed E-state index contributed by atoms with van der Waals surface area (Å²) >= 11 is 0. The second-order valence-corrected chi connectivity index (χ2v) is 4.03. The van der Waals surface area contributed by atoms with E-state index in [1.807, 2.05) is 19.4 Å². The molecule has 1 heterocycles. The minimum atomic E-state index is 0.561. The molecule has 0 aliphatic carbocycles. The van der Waals surface area contributed by atoms with Crippen LogP contribution < -0.4 is 15.2 Å². The SMILES string of the molecule is COc1ccc(N)cc1OCCc1cnn(C)c1. The molecule has 2 rings (SSSR count). The molecule has 0 saturated carbocycles. The number of ether oxygens (including phenoxy) is 2. The van der Waals surface area contributed by atoms with Crippen molar-refractivity contribution in [1.82, 2.24) is 9.78 Å². The fraction of sp³-hybridized carbons (Fsp3) is 0.308. The van der Waals surface area contributed by atoms with E-state index in [9.17, 15) is 0 Å². The maximum atomic E-state index is 5.72. The number of nitrogens with zero attached hydrogens (tertiary/aromatic N) is 2. The van der Waals surface area contributed by atoms with E-state index in [0.29, 0.717) is 23.8 Å². The molecule has 0 amide bonds. The van der Waals surface area contributed by atoms with Crippen LogP contribution in [0.15, 0.2) is 30.6 Å². The third kappa shape index (κ3) is 2.94. The van der Waals surface area contributed by atoms with Gasteiger partial charge in [0.05, 0.1) is 19.9 Å². The Labute approximate surface area is 106 Å². The van der Waals surface area contributed by atoms with Crippen LogP contribution in [0.25, 0.3) is 0 Å². The van der Waals surface area contributed by atoms with Crippen molar-refractivity contribution in [2.45, 2.75) is 6.42 Å². The maximum Gasteiger partial charge on any atom is 0.163 e. The highest BCUT2D eigenvalue weighted by Gasteiger charge is 2.05. The molecule has 0 atom stereocenters. The van der Waals surface area contributed by atoms with Crippen LogP contribution in [0.1, 0.15) is 5.56 Å². The van der Waals surface area contributed by atoms with E-state index in [1.54, 1.807) is 30.0 Å². The second-order valence-electron chi connectivity index (χ2n) is 4.03. The number of benzene rings is 1. The Balaban J connectivity index is 1.95. The Morgan fingerprint density at radius 3 is 2.83 bits per heavy atom. The summed E-state index contributed by atoms with van der Waals surface area (Å²) in [5.74, 6) is 1.36. The van der Waals surface area contributed by atoms with E-state index >= 15 is 0 Å². The molecule has 96 valence electrons. The molecule has 0 bridgehead atoms. The van der Waals surface area contributed by atoms with Gasteiger partial charge in [-0.05, 0) is 17.7 Å². The van der Waals surface area contributed by atoms with E-state index in [1.165, 1.54) is 0 Å². The molecule has 5 heteroatoms. The van der Waals surface area contributed by atoms with E-state index in [-0.39, 0.29) is 0 Å². The quantitative estimate of drug-likeness (QED) is 0.816. The number of aryl methyl sites for hydroxylation is 1. The fourth-order valence-electron chi connectivity index (χ4n) is 1.69. The highest BCUT2D eigenvalue weighted by molar-refractivity contribution is 5.51. The number of hydrogen-bond donors (Lipinski definition) is 1. The highest BCUT2D eigenvalue weighted by atomic mass is 16.5. The van der Waals surface area contributed by atoms with Gasteiger partial charge in [-0.25, -0.2) is 0 Å². The zero-order chi connectivity index (χ0) is 13.0. The first kappa shape index (κ1) is 12.3. The van der Waals surface area contributed by atoms with Crippen molar-refractivity contribution in [3.05, 3.63) is 36.2 Å². The molecule has 18 heavy (non-hydrogen) atoms. The minimum Gasteiger partial charge on any atom is -0.493 e. The van der Waals surface area contributed by atoms with Crippen molar-refractivity contribution in [1.29, 1.82) is 0 Å².